The molecule has 1 rings (SSSR count). The average Bonchev–Trinajstić information content (AvgIpc) is 2.44. The molecule has 0 saturated heterocycles. The monoisotopic (exact) mass is 282 g/mol. The first kappa shape index (κ1) is 15.6. The van der Waals surface area contributed by atoms with Gasteiger partial charge in [-0.05, 0) is 13.8 Å². The fourth-order valence-electron chi connectivity index (χ4n) is 1.62. The number of pyridine rings is 1. The fourth-order valence-corrected chi connectivity index (χ4v) is 1.62. The molecular formula is C11H18N6O3. The third kappa shape index (κ3) is 4.05. The number of rotatable bonds is 7. The van der Waals surface area contributed by atoms with E-state index < -0.39 is 4.92 Å². The maximum Gasteiger partial charge on any atom is 0.276 e. The molecule has 1 heterocycles. The summed E-state index contributed by atoms with van der Waals surface area (Å²) in [6.45, 7) is 4.72. The van der Waals surface area contributed by atoms with Gasteiger partial charge < -0.3 is 15.6 Å². The van der Waals surface area contributed by atoms with Gasteiger partial charge in [0.25, 0.3) is 5.69 Å². The number of anilines is 2. The van der Waals surface area contributed by atoms with Crippen LogP contribution in [0.5, 0.6) is 0 Å². The molecule has 0 spiro atoms. The van der Waals surface area contributed by atoms with Crippen molar-refractivity contribution in [1.82, 2.24) is 10.3 Å². The van der Waals surface area contributed by atoms with E-state index in [0.29, 0.717) is 18.9 Å². The number of carbonyl (C=O) groups is 1. The minimum absolute atomic E-state index is 0.0719. The van der Waals surface area contributed by atoms with Gasteiger partial charge in [0.15, 0.2) is 0 Å². The van der Waals surface area contributed by atoms with Gasteiger partial charge in [0.05, 0.1) is 23.6 Å². The van der Waals surface area contributed by atoms with Crippen molar-refractivity contribution >= 4 is 23.2 Å². The van der Waals surface area contributed by atoms with Crippen LogP contribution in [0, 0.1) is 10.1 Å². The third-order valence-corrected chi connectivity index (χ3v) is 2.57. The van der Waals surface area contributed by atoms with Crippen molar-refractivity contribution in [3.63, 3.8) is 0 Å². The second-order valence-corrected chi connectivity index (χ2v) is 3.94. The van der Waals surface area contributed by atoms with Gasteiger partial charge in [-0.15, -0.1) is 0 Å². The topological polar surface area (TPSA) is 126 Å². The Labute approximate surface area is 116 Å². The molecule has 0 unspecified atom stereocenters. The lowest BCUT2D eigenvalue weighted by Gasteiger charge is -2.21. The van der Waals surface area contributed by atoms with E-state index in [1.54, 1.807) is 4.90 Å². The number of likely N-dealkylation sites (N-methyl/N-ethyl adjacent to an activating group) is 2. The summed E-state index contributed by atoms with van der Waals surface area (Å²) < 4.78 is 0. The molecule has 9 nitrogen and oxygen atoms in total. The Kier molecular flexibility index (Phi) is 5.66. The molecule has 0 radical (unpaired) electrons. The Bertz CT molecular complexity index is 493. The maximum absolute atomic E-state index is 11.6. The summed E-state index contributed by atoms with van der Waals surface area (Å²) in [7, 11) is 0. The number of amides is 1. The van der Waals surface area contributed by atoms with Gasteiger partial charge in [-0.25, -0.2) is 10.8 Å². The Morgan fingerprint density at radius 2 is 2.20 bits per heavy atom. The normalized spacial score (nSPS) is 9.95. The minimum atomic E-state index is -0.536. The molecule has 0 aliphatic rings. The first-order valence-corrected chi connectivity index (χ1v) is 6.16. The van der Waals surface area contributed by atoms with E-state index in [1.807, 2.05) is 13.8 Å². The lowest BCUT2D eigenvalue weighted by Crippen LogP contribution is -2.37. The maximum atomic E-state index is 11.6. The molecule has 1 amide bonds. The van der Waals surface area contributed by atoms with Crippen molar-refractivity contribution in [2.24, 2.45) is 5.84 Å². The zero-order valence-corrected chi connectivity index (χ0v) is 11.4. The van der Waals surface area contributed by atoms with Crippen molar-refractivity contribution < 1.29 is 9.72 Å². The van der Waals surface area contributed by atoms with Crippen LogP contribution in [0.3, 0.4) is 0 Å². The van der Waals surface area contributed by atoms with Gasteiger partial charge >= 0.3 is 0 Å². The molecule has 20 heavy (non-hydrogen) atoms. The van der Waals surface area contributed by atoms with Crippen LogP contribution < -0.4 is 21.5 Å². The number of nitro groups is 1. The SMILES string of the molecule is CCNC(=O)CN(CC)c1cc([N+](=O)[O-])cc(NN)n1. The van der Waals surface area contributed by atoms with E-state index in [-0.39, 0.29) is 24.0 Å². The first-order chi connectivity index (χ1) is 9.51. The number of nitrogens with one attached hydrogen (secondary N) is 2. The molecule has 110 valence electrons. The summed E-state index contributed by atoms with van der Waals surface area (Å²) in [6.07, 6.45) is 0. The van der Waals surface area contributed by atoms with Gasteiger partial charge in [-0.1, -0.05) is 0 Å². The average molecular weight is 282 g/mol. The summed E-state index contributed by atoms with van der Waals surface area (Å²) in [5.74, 6) is 5.56. The highest BCUT2D eigenvalue weighted by atomic mass is 16.6. The molecular weight excluding hydrogens is 264 g/mol. The van der Waals surface area contributed by atoms with E-state index in [9.17, 15) is 14.9 Å². The highest BCUT2D eigenvalue weighted by molar-refractivity contribution is 5.81. The van der Waals surface area contributed by atoms with E-state index in [4.69, 9.17) is 5.84 Å². The zero-order valence-electron chi connectivity index (χ0n) is 11.4. The van der Waals surface area contributed by atoms with E-state index >= 15 is 0 Å². The van der Waals surface area contributed by atoms with Crippen LogP contribution in [0.1, 0.15) is 13.8 Å². The fraction of sp³-hybridized carbons (Fsp3) is 0.455. The second kappa shape index (κ2) is 7.24. The van der Waals surface area contributed by atoms with E-state index in [0.717, 1.165) is 0 Å². The van der Waals surface area contributed by atoms with Crippen LogP contribution in [-0.4, -0.2) is 35.4 Å². The molecule has 0 aliphatic carbocycles. The van der Waals surface area contributed by atoms with Crippen LogP contribution in [-0.2, 0) is 4.79 Å². The molecule has 0 bridgehead atoms. The van der Waals surface area contributed by atoms with Gasteiger partial charge in [0, 0.05) is 13.1 Å². The molecule has 0 aromatic carbocycles. The lowest BCUT2D eigenvalue weighted by molar-refractivity contribution is -0.384. The number of nitrogens with two attached hydrogens (primary N) is 1. The Morgan fingerprint density at radius 1 is 1.50 bits per heavy atom. The largest absolute Gasteiger partial charge is 0.355 e. The Balaban J connectivity index is 3.04. The number of carbonyl (C=O) groups excluding carboxylic acids is 1. The van der Waals surface area contributed by atoms with Gasteiger partial charge in [0.2, 0.25) is 5.91 Å². The molecule has 0 saturated carbocycles. The lowest BCUT2D eigenvalue weighted by atomic mass is 10.3. The van der Waals surface area contributed by atoms with Crippen LogP contribution in [0.2, 0.25) is 0 Å². The zero-order chi connectivity index (χ0) is 15.1. The molecule has 4 N–H and O–H groups in total. The molecule has 0 fully saturated rings. The predicted octanol–water partition coefficient (Wildman–Crippen LogP) is 0.238. The van der Waals surface area contributed by atoms with Crippen LogP contribution in [0.4, 0.5) is 17.3 Å². The standard InChI is InChI=1S/C11H18N6O3/c1-3-13-11(18)7-16(4-2)10-6-8(17(19)20)5-9(14-10)15-12/h5-6H,3-4,7,12H2,1-2H3,(H,13,18)(H,14,15). The smallest absolute Gasteiger partial charge is 0.276 e. The number of nitrogens with zero attached hydrogens (tertiary/aromatic N) is 3. The number of nitrogen functional groups attached to an aromatic ring is 1. The summed E-state index contributed by atoms with van der Waals surface area (Å²) in [4.78, 5) is 27.7. The minimum Gasteiger partial charge on any atom is -0.355 e. The van der Waals surface area contributed by atoms with E-state index in [1.165, 1.54) is 12.1 Å². The molecule has 1 aromatic rings. The highest BCUT2D eigenvalue weighted by Gasteiger charge is 2.16. The second-order valence-electron chi connectivity index (χ2n) is 3.94. The number of hydrazine groups is 1. The van der Waals surface area contributed by atoms with Crippen molar-refractivity contribution in [2.45, 2.75) is 13.8 Å². The molecule has 0 atom stereocenters. The van der Waals surface area contributed by atoms with Crippen molar-refractivity contribution in [3.05, 3.63) is 22.2 Å². The van der Waals surface area contributed by atoms with E-state index in [2.05, 4.69) is 15.7 Å². The van der Waals surface area contributed by atoms with Crippen LogP contribution in [0.15, 0.2) is 12.1 Å². The quantitative estimate of drug-likeness (QED) is 0.371. The summed E-state index contributed by atoms with van der Waals surface area (Å²) in [5, 5.41) is 13.5. The van der Waals surface area contributed by atoms with Crippen molar-refractivity contribution in [1.29, 1.82) is 0 Å². The predicted molar refractivity (Wildman–Crippen MR) is 75.3 cm³/mol. The van der Waals surface area contributed by atoms with Crippen molar-refractivity contribution in [2.75, 3.05) is 30.0 Å². The first-order valence-electron chi connectivity index (χ1n) is 6.16. The molecule has 9 heteroatoms. The highest BCUT2D eigenvalue weighted by Crippen LogP contribution is 2.22. The summed E-state index contributed by atoms with van der Waals surface area (Å²) in [6, 6.07) is 2.53. The molecule has 1 aromatic heterocycles. The Hall–Kier alpha value is -2.42. The van der Waals surface area contributed by atoms with Gasteiger partial charge in [0.1, 0.15) is 11.6 Å². The summed E-state index contributed by atoms with van der Waals surface area (Å²) in [5.41, 5.74) is 2.14. The van der Waals surface area contributed by atoms with Gasteiger partial charge in [-0.3, -0.25) is 14.9 Å². The number of hydrogen-bond donors (Lipinski definition) is 3. The van der Waals surface area contributed by atoms with Gasteiger partial charge in [-0.2, -0.15) is 0 Å². The van der Waals surface area contributed by atoms with Crippen molar-refractivity contribution in [3.8, 4) is 0 Å². The Morgan fingerprint density at radius 3 is 2.70 bits per heavy atom. The number of aromatic nitrogens is 1. The number of hydrogen-bond acceptors (Lipinski definition) is 7. The third-order valence-electron chi connectivity index (χ3n) is 2.57. The van der Waals surface area contributed by atoms with Crippen LogP contribution >= 0.6 is 0 Å². The summed E-state index contributed by atoms with van der Waals surface area (Å²) >= 11 is 0. The van der Waals surface area contributed by atoms with Crippen LogP contribution in [0.25, 0.3) is 0 Å². The molecule has 0 aliphatic heterocycles.